The van der Waals surface area contributed by atoms with E-state index in [4.69, 9.17) is 16.3 Å². The van der Waals surface area contributed by atoms with Crippen molar-refractivity contribution in [2.75, 3.05) is 25.2 Å². The summed E-state index contributed by atoms with van der Waals surface area (Å²) in [5.74, 6) is 2.31. The van der Waals surface area contributed by atoms with Crippen LogP contribution >= 0.6 is 11.6 Å². The molecule has 0 bridgehead atoms. The summed E-state index contributed by atoms with van der Waals surface area (Å²) in [6, 6.07) is 2.20. The quantitative estimate of drug-likeness (QED) is 0.745. The van der Waals surface area contributed by atoms with Gasteiger partial charge in [-0.05, 0) is 26.7 Å². The summed E-state index contributed by atoms with van der Waals surface area (Å²) in [5, 5.41) is 0.532. The number of nitrogens with zero attached hydrogens (tertiary/aromatic N) is 3. The predicted octanol–water partition coefficient (Wildman–Crippen LogP) is 2.87. The Morgan fingerprint density at radius 3 is 2.72 bits per heavy atom. The standard InChI is InChI=1S/C13H20ClN3O/c1-9(2)17(6-7-18-3)12-8-11(14)15-13(16-12)10-4-5-10/h8-10H,4-7H2,1-3H3. The Balaban J connectivity index is 2.22. The Labute approximate surface area is 113 Å². The average Bonchev–Trinajstić information content (AvgIpc) is 3.12. The van der Waals surface area contributed by atoms with Gasteiger partial charge in [0.05, 0.1) is 6.61 Å². The first-order chi connectivity index (χ1) is 8.61. The molecule has 0 spiro atoms. The van der Waals surface area contributed by atoms with Crippen molar-refractivity contribution in [2.45, 2.75) is 38.6 Å². The number of rotatable bonds is 6. The highest BCUT2D eigenvalue weighted by atomic mass is 35.5. The number of halogens is 1. The Hall–Kier alpha value is -0.870. The van der Waals surface area contributed by atoms with Crippen molar-refractivity contribution < 1.29 is 4.74 Å². The molecule has 1 heterocycles. The van der Waals surface area contributed by atoms with E-state index in [1.807, 2.05) is 6.07 Å². The summed E-state index contributed by atoms with van der Waals surface area (Å²) in [7, 11) is 1.71. The number of aromatic nitrogens is 2. The molecule has 0 N–H and O–H groups in total. The van der Waals surface area contributed by atoms with Crippen molar-refractivity contribution >= 4 is 17.4 Å². The second kappa shape index (κ2) is 5.85. The Morgan fingerprint density at radius 1 is 1.44 bits per heavy atom. The van der Waals surface area contributed by atoms with Crippen LogP contribution in [0, 0.1) is 0 Å². The molecule has 1 aliphatic carbocycles. The normalized spacial score (nSPS) is 15.2. The maximum atomic E-state index is 6.10. The van der Waals surface area contributed by atoms with E-state index in [9.17, 15) is 0 Å². The fourth-order valence-corrected chi connectivity index (χ4v) is 2.11. The molecular weight excluding hydrogens is 250 g/mol. The van der Waals surface area contributed by atoms with E-state index >= 15 is 0 Å². The van der Waals surface area contributed by atoms with Gasteiger partial charge < -0.3 is 9.64 Å². The summed E-state index contributed by atoms with van der Waals surface area (Å²) in [4.78, 5) is 11.2. The smallest absolute Gasteiger partial charge is 0.135 e. The van der Waals surface area contributed by atoms with Crippen LogP contribution in [0.2, 0.25) is 5.15 Å². The van der Waals surface area contributed by atoms with Gasteiger partial charge in [0.1, 0.15) is 16.8 Å². The summed E-state index contributed by atoms with van der Waals surface area (Å²) in [5.41, 5.74) is 0. The number of hydrogen-bond donors (Lipinski definition) is 0. The molecule has 0 aliphatic heterocycles. The molecule has 1 fully saturated rings. The minimum absolute atomic E-state index is 0.359. The summed E-state index contributed by atoms with van der Waals surface area (Å²) in [6.45, 7) is 5.77. The van der Waals surface area contributed by atoms with Crippen molar-refractivity contribution in [3.05, 3.63) is 17.0 Å². The molecule has 100 valence electrons. The number of hydrogen-bond acceptors (Lipinski definition) is 4. The minimum atomic E-state index is 0.359. The van der Waals surface area contributed by atoms with Gasteiger partial charge in [-0.15, -0.1) is 0 Å². The molecule has 0 amide bonds. The first-order valence-electron chi connectivity index (χ1n) is 6.42. The largest absolute Gasteiger partial charge is 0.383 e. The lowest BCUT2D eigenvalue weighted by Crippen LogP contribution is -2.34. The van der Waals surface area contributed by atoms with E-state index in [2.05, 4.69) is 28.7 Å². The molecule has 18 heavy (non-hydrogen) atoms. The predicted molar refractivity (Wildman–Crippen MR) is 73.4 cm³/mol. The zero-order chi connectivity index (χ0) is 13.1. The van der Waals surface area contributed by atoms with Crippen LogP contribution in [-0.4, -0.2) is 36.3 Å². The lowest BCUT2D eigenvalue weighted by atomic mass is 10.3. The molecule has 0 radical (unpaired) electrons. The molecule has 1 aliphatic rings. The fraction of sp³-hybridized carbons (Fsp3) is 0.692. The third-order valence-corrected chi connectivity index (χ3v) is 3.29. The third kappa shape index (κ3) is 3.33. The van der Waals surface area contributed by atoms with Gasteiger partial charge in [0.15, 0.2) is 0 Å². The number of ether oxygens (including phenoxy) is 1. The highest BCUT2D eigenvalue weighted by molar-refractivity contribution is 6.29. The van der Waals surface area contributed by atoms with Crippen LogP contribution in [0.15, 0.2) is 6.07 Å². The zero-order valence-corrected chi connectivity index (χ0v) is 11.9. The highest BCUT2D eigenvalue weighted by Gasteiger charge is 2.28. The molecule has 1 saturated carbocycles. The highest BCUT2D eigenvalue weighted by Crippen LogP contribution is 2.39. The molecule has 0 unspecified atom stereocenters. The van der Waals surface area contributed by atoms with E-state index in [1.165, 1.54) is 12.8 Å². The molecule has 0 aromatic carbocycles. The SMILES string of the molecule is COCCN(c1cc(Cl)nc(C2CC2)n1)C(C)C. The van der Waals surface area contributed by atoms with Crippen molar-refractivity contribution in [3.63, 3.8) is 0 Å². The molecule has 2 rings (SSSR count). The van der Waals surface area contributed by atoms with Gasteiger partial charge in [-0.1, -0.05) is 11.6 Å². The van der Waals surface area contributed by atoms with Crippen LogP contribution in [0.25, 0.3) is 0 Å². The van der Waals surface area contributed by atoms with Gasteiger partial charge >= 0.3 is 0 Å². The van der Waals surface area contributed by atoms with Crippen LogP contribution < -0.4 is 4.90 Å². The van der Waals surface area contributed by atoms with E-state index < -0.39 is 0 Å². The van der Waals surface area contributed by atoms with Crippen LogP contribution in [0.5, 0.6) is 0 Å². The van der Waals surface area contributed by atoms with Gasteiger partial charge in [-0.3, -0.25) is 0 Å². The molecule has 1 aromatic heterocycles. The van der Waals surface area contributed by atoms with Gasteiger partial charge in [0.25, 0.3) is 0 Å². The van der Waals surface area contributed by atoms with E-state index in [1.54, 1.807) is 7.11 Å². The van der Waals surface area contributed by atoms with Crippen molar-refractivity contribution in [1.29, 1.82) is 0 Å². The Bertz CT molecular complexity index is 407. The average molecular weight is 270 g/mol. The Morgan fingerprint density at radius 2 is 2.17 bits per heavy atom. The van der Waals surface area contributed by atoms with Crippen molar-refractivity contribution in [1.82, 2.24) is 9.97 Å². The second-order valence-electron chi connectivity index (χ2n) is 4.96. The maximum absolute atomic E-state index is 6.10. The first-order valence-corrected chi connectivity index (χ1v) is 6.79. The maximum Gasteiger partial charge on any atom is 0.135 e. The molecular formula is C13H20ClN3O. The lowest BCUT2D eigenvalue weighted by Gasteiger charge is -2.27. The lowest BCUT2D eigenvalue weighted by molar-refractivity contribution is 0.203. The fourth-order valence-electron chi connectivity index (χ4n) is 1.92. The van der Waals surface area contributed by atoms with Crippen LogP contribution in [0.1, 0.15) is 38.4 Å². The van der Waals surface area contributed by atoms with Crippen LogP contribution in [0.4, 0.5) is 5.82 Å². The van der Waals surface area contributed by atoms with Gasteiger partial charge in [0.2, 0.25) is 0 Å². The zero-order valence-electron chi connectivity index (χ0n) is 11.2. The van der Waals surface area contributed by atoms with Gasteiger partial charge in [-0.2, -0.15) is 0 Å². The monoisotopic (exact) mass is 269 g/mol. The van der Waals surface area contributed by atoms with Crippen molar-refractivity contribution in [3.8, 4) is 0 Å². The molecule has 0 atom stereocenters. The molecule has 4 nitrogen and oxygen atoms in total. The van der Waals surface area contributed by atoms with E-state index in [0.29, 0.717) is 23.7 Å². The molecule has 1 aromatic rings. The topological polar surface area (TPSA) is 38.2 Å². The summed E-state index contributed by atoms with van der Waals surface area (Å²) >= 11 is 6.10. The van der Waals surface area contributed by atoms with Gasteiger partial charge in [0, 0.05) is 31.7 Å². The number of anilines is 1. The van der Waals surface area contributed by atoms with Crippen LogP contribution in [-0.2, 0) is 4.74 Å². The molecule has 0 saturated heterocycles. The van der Waals surface area contributed by atoms with Gasteiger partial charge in [-0.25, -0.2) is 9.97 Å². The minimum Gasteiger partial charge on any atom is -0.383 e. The first kappa shape index (κ1) is 13.6. The number of methoxy groups -OCH3 is 1. The Kier molecular flexibility index (Phi) is 4.40. The molecule has 5 heteroatoms. The van der Waals surface area contributed by atoms with E-state index in [-0.39, 0.29) is 0 Å². The second-order valence-corrected chi connectivity index (χ2v) is 5.35. The third-order valence-electron chi connectivity index (χ3n) is 3.10. The van der Waals surface area contributed by atoms with Crippen molar-refractivity contribution in [2.24, 2.45) is 0 Å². The van der Waals surface area contributed by atoms with E-state index in [0.717, 1.165) is 18.2 Å². The summed E-state index contributed by atoms with van der Waals surface area (Å²) < 4.78 is 5.15. The summed E-state index contributed by atoms with van der Waals surface area (Å²) in [6.07, 6.45) is 2.36. The van der Waals surface area contributed by atoms with Crippen LogP contribution in [0.3, 0.4) is 0 Å².